The van der Waals surface area contributed by atoms with E-state index < -0.39 is 11.9 Å². The van der Waals surface area contributed by atoms with Crippen LogP contribution in [0.3, 0.4) is 0 Å². The van der Waals surface area contributed by atoms with E-state index >= 15 is 0 Å². The van der Waals surface area contributed by atoms with E-state index in [2.05, 4.69) is 6.07 Å². The Morgan fingerprint density at radius 2 is 1.77 bits per heavy atom. The van der Waals surface area contributed by atoms with Crippen LogP contribution in [-0.2, 0) is 0 Å². The van der Waals surface area contributed by atoms with Gasteiger partial charge in [-0.2, -0.15) is 5.26 Å². The first-order valence-electron chi connectivity index (χ1n) is 9.34. The van der Waals surface area contributed by atoms with Crippen LogP contribution in [-0.4, -0.2) is 13.1 Å². The van der Waals surface area contributed by atoms with Gasteiger partial charge in [-0.15, -0.1) is 0 Å². The Bertz CT molecular complexity index is 1230. The van der Waals surface area contributed by atoms with Crippen molar-refractivity contribution >= 4 is 17.6 Å². The van der Waals surface area contributed by atoms with Gasteiger partial charge in [-0.1, -0.05) is 35.9 Å². The summed E-state index contributed by atoms with van der Waals surface area (Å²) in [5.74, 6) is 0.279. The van der Waals surface area contributed by atoms with Crippen LogP contribution in [0.25, 0.3) is 0 Å². The molecule has 0 saturated heterocycles. The summed E-state index contributed by atoms with van der Waals surface area (Å²) < 4.78 is 16.2. The summed E-state index contributed by atoms with van der Waals surface area (Å²) in [6.07, 6.45) is 0. The van der Waals surface area contributed by atoms with E-state index in [4.69, 9.17) is 31.5 Å². The normalized spacial score (nSPS) is 14.8. The second-order valence-electron chi connectivity index (χ2n) is 6.76. The third-order valence-electron chi connectivity index (χ3n) is 4.94. The number of hydrogen-bond acceptors (Lipinski definition) is 6. The molecule has 154 valence electrons. The minimum atomic E-state index is -0.526. The molecular weight excluding hydrogens is 416 g/mol. The van der Waals surface area contributed by atoms with E-state index in [0.717, 1.165) is 5.56 Å². The maximum atomic E-state index is 12.5. The molecule has 0 bridgehead atoms. The van der Waals surface area contributed by atoms with Crippen LogP contribution >= 0.6 is 11.6 Å². The minimum Gasteiger partial charge on any atom is -0.497 e. The number of halogens is 1. The van der Waals surface area contributed by atoms with Crippen molar-refractivity contribution in [2.75, 3.05) is 7.11 Å². The van der Waals surface area contributed by atoms with Gasteiger partial charge in [0, 0.05) is 16.7 Å². The molecule has 31 heavy (non-hydrogen) atoms. The number of benzene rings is 3. The van der Waals surface area contributed by atoms with Gasteiger partial charge in [-0.25, -0.2) is 4.79 Å². The second kappa shape index (κ2) is 8.42. The molecular formula is C24H17ClN2O4. The van der Waals surface area contributed by atoms with Gasteiger partial charge in [-0.3, -0.25) is 0 Å². The molecule has 0 radical (unpaired) electrons. The molecule has 0 aromatic heterocycles. The Morgan fingerprint density at radius 1 is 1.06 bits per heavy atom. The van der Waals surface area contributed by atoms with E-state index in [1.54, 1.807) is 55.6 Å². The molecule has 0 fully saturated rings. The number of rotatable bonds is 4. The Hall–Kier alpha value is -3.95. The van der Waals surface area contributed by atoms with Crippen molar-refractivity contribution in [3.8, 4) is 23.3 Å². The Kier molecular flexibility index (Phi) is 5.52. The van der Waals surface area contributed by atoms with E-state index in [1.807, 2.05) is 18.2 Å². The summed E-state index contributed by atoms with van der Waals surface area (Å²) in [4.78, 5) is 12.5. The fourth-order valence-corrected chi connectivity index (χ4v) is 3.67. The summed E-state index contributed by atoms with van der Waals surface area (Å²) in [7, 11) is 1.55. The third kappa shape index (κ3) is 3.91. The lowest BCUT2D eigenvalue weighted by atomic mass is 9.83. The first-order valence-corrected chi connectivity index (χ1v) is 9.71. The van der Waals surface area contributed by atoms with Gasteiger partial charge >= 0.3 is 5.97 Å². The maximum absolute atomic E-state index is 12.5. The molecule has 0 amide bonds. The SMILES string of the molecule is COc1ccc(C(=O)Oc2ccc3c(c2)OC(N)=C(C#N)C3c2ccccc2Cl)cc1. The molecule has 0 saturated carbocycles. The zero-order valence-corrected chi connectivity index (χ0v) is 17.2. The highest BCUT2D eigenvalue weighted by molar-refractivity contribution is 6.31. The molecule has 1 aliphatic rings. The molecule has 7 heteroatoms. The van der Waals surface area contributed by atoms with Gasteiger partial charge in [0.15, 0.2) is 0 Å². The molecule has 1 unspecified atom stereocenters. The Labute approximate surface area is 184 Å². The van der Waals surface area contributed by atoms with Gasteiger partial charge in [0.2, 0.25) is 5.88 Å². The van der Waals surface area contributed by atoms with Crippen molar-refractivity contribution < 1.29 is 19.0 Å². The Balaban J connectivity index is 1.67. The van der Waals surface area contributed by atoms with Gasteiger partial charge in [0.25, 0.3) is 0 Å². The second-order valence-corrected chi connectivity index (χ2v) is 7.17. The summed E-state index contributed by atoms with van der Waals surface area (Å²) in [6.45, 7) is 0. The number of fused-ring (bicyclic) bond motifs is 1. The predicted octanol–water partition coefficient (Wildman–Crippen LogP) is 4.79. The third-order valence-corrected chi connectivity index (χ3v) is 5.29. The number of nitrogens with two attached hydrogens (primary N) is 1. The number of carbonyl (C=O) groups is 1. The van der Waals surface area contributed by atoms with Crippen molar-refractivity contribution in [2.24, 2.45) is 5.73 Å². The summed E-state index contributed by atoms with van der Waals surface area (Å²) >= 11 is 6.39. The minimum absolute atomic E-state index is 0.0152. The monoisotopic (exact) mass is 432 g/mol. The molecule has 1 heterocycles. The molecule has 1 aliphatic heterocycles. The smallest absolute Gasteiger partial charge is 0.343 e. The van der Waals surface area contributed by atoms with Crippen molar-refractivity contribution in [1.82, 2.24) is 0 Å². The molecule has 3 aromatic rings. The number of esters is 1. The standard InChI is InChI=1S/C24H17ClN2O4/c1-29-15-8-6-14(7-9-15)24(28)30-16-10-11-18-21(12-16)31-23(27)19(13-26)22(18)17-4-2-3-5-20(17)25/h2-12,22H,27H2,1H3. The highest BCUT2D eigenvalue weighted by Crippen LogP contribution is 2.45. The van der Waals surface area contributed by atoms with Crippen molar-refractivity contribution in [3.05, 3.63) is 99.9 Å². The van der Waals surface area contributed by atoms with Crippen LogP contribution in [0.2, 0.25) is 5.02 Å². The van der Waals surface area contributed by atoms with Crippen molar-refractivity contribution in [2.45, 2.75) is 5.92 Å². The molecule has 4 rings (SSSR count). The first-order chi connectivity index (χ1) is 15.0. The summed E-state index contributed by atoms with van der Waals surface area (Å²) in [5, 5.41) is 10.2. The van der Waals surface area contributed by atoms with E-state index in [9.17, 15) is 10.1 Å². The fraction of sp³-hybridized carbons (Fsp3) is 0.0833. The molecule has 0 spiro atoms. The van der Waals surface area contributed by atoms with Gasteiger partial charge < -0.3 is 19.9 Å². The van der Waals surface area contributed by atoms with E-state index in [0.29, 0.717) is 27.6 Å². The molecule has 1 atom stereocenters. The zero-order chi connectivity index (χ0) is 22.0. The van der Waals surface area contributed by atoms with Crippen molar-refractivity contribution in [1.29, 1.82) is 5.26 Å². The summed E-state index contributed by atoms with van der Waals surface area (Å²) in [5.41, 5.74) is 8.10. The number of nitriles is 1. The lowest BCUT2D eigenvalue weighted by Crippen LogP contribution is -2.21. The van der Waals surface area contributed by atoms with Crippen LogP contribution in [0.4, 0.5) is 0 Å². The average Bonchev–Trinajstić information content (AvgIpc) is 2.78. The number of methoxy groups -OCH3 is 1. The fourth-order valence-electron chi connectivity index (χ4n) is 3.42. The molecule has 2 N–H and O–H groups in total. The first kappa shape index (κ1) is 20.3. The van der Waals surface area contributed by atoms with E-state index in [-0.39, 0.29) is 17.2 Å². The number of hydrogen-bond donors (Lipinski definition) is 1. The lowest BCUT2D eigenvalue weighted by molar-refractivity contribution is 0.0734. The molecule has 6 nitrogen and oxygen atoms in total. The van der Waals surface area contributed by atoms with Crippen molar-refractivity contribution in [3.63, 3.8) is 0 Å². The maximum Gasteiger partial charge on any atom is 0.343 e. The quantitative estimate of drug-likeness (QED) is 0.470. The highest BCUT2D eigenvalue weighted by atomic mass is 35.5. The zero-order valence-electron chi connectivity index (χ0n) is 16.5. The van der Waals surface area contributed by atoms with Crippen LogP contribution in [0.1, 0.15) is 27.4 Å². The Morgan fingerprint density at radius 3 is 2.45 bits per heavy atom. The predicted molar refractivity (Wildman–Crippen MR) is 115 cm³/mol. The number of carbonyl (C=O) groups excluding carboxylic acids is 1. The summed E-state index contributed by atoms with van der Waals surface area (Å²) in [6, 6.07) is 20.9. The number of nitrogens with zero attached hydrogens (tertiary/aromatic N) is 1. The van der Waals surface area contributed by atoms with Crippen LogP contribution < -0.4 is 19.9 Å². The van der Waals surface area contributed by atoms with Crippen LogP contribution in [0.5, 0.6) is 17.2 Å². The van der Waals surface area contributed by atoms with Gasteiger partial charge in [-0.05, 0) is 42.0 Å². The number of allylic oxidation sites excluding steroid dienone is 1. The van der Waals surface area contributed by atoms with Gasteiger partial charge in [0.05, 0.1) is 18.6 Å². The molecule has 3 aromatic carbocycles. The van der Waals surface area contributed by atoms with E-state index in [1.165, 1.54) is 0 Å². The number of ether oxygens (including phenoxy) is 3. The molecule has 0 aliphatic carbocycles. The van der Waals surface area contributed by atoms with Crippen LogP contribution in [0, 0.1) is 11.3 Å². The van der Waals surface area contributed by atoms with Gasteiger partial charge in [0.1, 0.15) is 28.9 Å². The topological polar surface area (TPSA) is 94.6 Å². The average molecular weight is 433 g/mol. The largest absolute Gasteiger partial charge is 0.497 e. The van der Waals surface area contributed by atoms with Crippen LogP contribution in [0.15, 0.2) is 78.2 Å². The lowest BCUT2D eigenvalue weighted by Gasteiger charge is -2.27. The highest BCUT2D eigenvalue weighted by Gasteiger charge is 2.32.